The smallest absolute Gasteiger partial charge is 0.448 e. The van der Waals surface area contributed by atoms with Gasteiger partial charge in [-0.05, 0) is 36.3 Å². The number of carbonyl (C=O) groups excluding carboxylic acids is 1. The second kappa shape index (κ2) is 6.91. The van der Waals surface area contributed by atoms with Gasteiger partial charge in [0.15, 0.2) is 0 Å². The number of hydrogen-bond donors (Lipinski definition) is 4. The number of benzene rings is 1. The van der Waals surface area contributed by atoms with Crippen molar-refractivity contribution in [2.75, 3.05) is 0 Å². The molecule has 1 atom stereocenters. The van der Waals surface area contributed by atoms with Gasteiger partial charge < -0.3 is 20.0 Å². The van der Waals surface area contributed by atoms with Gasteiger partial charge in [0.05, 0.1) is 5.71 Å². The lowest BCUT2D eigenvalue weighted by atomic mass is 9.89. The Bertz CT molecular complexity index is 729. The maximum absolute atomic E-state index is 12.3. The first kappa shape index (κ1) is 17.1. The molecule has 122 valence electrons. The zero-order chi connectivity index (χ0) is 17.0. The molecule has 2 rings (SSSR count). The second-order valence-electron chi connectivity index (χ2n) is 5.05. The molecule has 0 saturated heterocycles. The summed E-state index contributed by atoms with van der Waals surface area (Å²) in [6.45, 7) is 0. The van der Waals surface area contributed by atoms with Gasteiger partial charge in [0.25, 0.3) is 0 Å². The van der Waals surface area contributed by atoms with Gasteiger partial charge >= 0.3 is 7.75 Å². The quantitative estimate of drug-likeness (QED) is 0.609. The van der Waals surface area contributed by atoms with Crippen LogP contribution in [0.3, 0.4) is 0 Å². The summed E-state index contributed by atoms with van der Waals surface area (Å²) >= 11 is 0. The highest BCUT2D eigenvalue weighted by Gasteiger charge is 2.30. The molecule has 1 aliphatic carbocycles. The summed E-state index contributed by atoms with van der Waals surface area (Å²) in [5, 5.41) is 19.1. The monoisotopic (exact) mass is 337 g/mol. The molecule has 4 N–H and O–H groups in total. The van der Waals surface area contributed by atoms with Crippen molar-refractivity contribution in [3.8, 4) is 5.75 Å². The minimum absolute atomic E-state index is 0.0569. The molecule has 0 spiro atoms. The van der Waals surface area contributed by atoms with E-state index in [0.29, 0.717) is 6.42 Å². The lowest BCUT2D eigenvalue weighted by molar-refractivity contribution is -0.120. The largest absolute Gasteiger partial charge is 0.511 e. The molecule has 1 unspecified atom stereocenters. The van der Waals surface area contributed by atoms with E-state index in [1.807, 2.05) is 0 Å². The van der Waals surface area contributed by atoms with Crippen molar-refractivity contribution < 1.29 is 29.4 Å². The number of aromatic hydroxyl groups is 1. The predicted octanol–water partition coefficient (Wildman–Crippen LogP) is 2.06. The molecule has 0 heterocycles. The molecular weight excluding hydrogens is 321 g/mol. The molecule has 23 heavy (non-hydrogen) atoms. The number of ketones is 1. The number of rotatable bonds is 5. The second-order valence-corrected chi connectivity index (χ2v) is 6.28. The lowest BCUT2D eigenvalue weighted by Crippen LogP contribution is -2.27. The first-order valence-electron chi connectivity index (χ1n) is 6.80. The van der Waals surface area contributed by atoms with Crippen molar-refractivity contribution in [1.29, 1.82) is 0 Å². The van der Waals surface area contributed by atoms with Crippen molar-refractivity contribution in [1.82, 2.24) is 0 Å². The zero-order valence-electron chi connectivity index (χ0n) is 12.0. The number of aryl methyl sites for hydroxylation is 1. The summed E-state index contributed by atoms with van der Waals surface area (Å²) in [5.41, 5.74) is 0.661. The number of phenolic OH excluding ortho intramolecular Hbond substituents is 1. The van der Waals surface area contributed by atoms with Crippen LogP contribution in [-0.4, -0.2) is 31.5 Å². The van der Waals surface area contributed by atoms with E-state index >= 15 is 0 Å². The molecule has 0 bridgehead atoms. The molecule has 7 nitrogen and oxygen atoms in total. The first-order chi connectivity index (χ1) is 10.8. The van der Waals surface area contributed by atoms with E-state index in [0.717, 1.165) is 5.56 Å². The summed E-state index contributed by atoms with van der Waals surface area (Å²) in [7, 11) is -4.70. The van der Waals surface area contributed by atoms with E-state index < -0.39 is 19.4 Å². The third-order valence-corrected chi connectivity index (χ3v) is 3.78. The fourth-order valence-corrected chi connectivity index (χ4v) is 2.72. The molecule has 0 amide bonds. The predicted molar refractivity (Wildman–Crippen MR) is 84.3 cm³/mol. The fraction of sp³-hybridized carbons (Fsp3) is 0.200. The van der Waals surface area contributed by atoms with E-state index in [9.17, 15) is 19.6 Å². The van der Waals surface area contributed by atoms with Crippen molar-refractivity contribution >= 4 is 19.2 Å². The Morgan fingerprint density at radius 2 is 1.83 bits per heavy atom. The number of allylic oxidation sites excluding steroid dienone is 4. The van der Waals surface area contributed by atoms with Crippen LogP contribution in [0.15, 0.2) is 53.0 Å². The number of hydrogen-bond acceptors (Lipinski definition) is 4. The highest BCUT2D eigenvalue weighted by molar-refractivity contribution is 7.50. The van der Waals surface area contributed by atoms with Gasteiger partial charge in [-0.15, -0.1) is 0 Å². The maximum atomic E-state index is 12.3. The summed E-state index contributed by atoms with van der Waals surface area (Å²) in [6.07, 6.45) is 4.38. The number of aliphatic hydroxyl groups is 1. The average Bonchev–Trinajstić information content (AvgIpc) is 2.45. The standard InChI is InChI=1S/C15H16NO6P/c17-11-7-4-10(5-8-11)6-9-14(19)15-12(16-23(20,21)22)2-1-3-13(15)18/h1-5,7-8,15,17-18H,6,9H2,(H2,20,21,22). The van der Waals surface area contributed by atoms with Crippen LogP contribution in [0.4, 0.5) is 0 Å². The molecule has 0 aliphatic heterocycles. The number of Topliss-reactive ketones (excluding diaryl/α,β-unsaturated/α-hetero) is 1. The SMILES string of the molecule is O=C(CCc1ccc(O)cc1)C1C(O)=CC=CC1=NP(=O)(O)O. The highest BCUT2D eigenvalue weighted by Crippen LogP contribution is 2.38. The van der Waals surface area contributed by atoms with Crippen molar-refractivity contribution in [3.05, 3.63) is 53.8 Å². The van der Waals surface area contributed by atoms with E-state index in [1.54, 1.807) is 12.1 Å². The average molecular weight is 337 g/mol. The Morgan fingerprint density at radius 3 is 2.43 bits per heavy atom. The van der Waals surface area contributed by atoms with Crippen LogP contribution in [0.1, 0.15) is 12.0 Å². The third-order valence-electron chi connectivity index (χ3n) is 3.29. The molecule has 1 aliphatic rings. The van der Waals surface area contributed by atoms with Gasteiger partial charge in [-0.25, -0.2) is 4.57 Å². The normalized spacial score (nSPS) is 19.7. The fourth-order valence-electron chi connectivity index (χ4n) is 2.24. The first-order valence-corrected chi connectivity index (χ1v) is 8.36. The van der Waals surface area contributed by atoms with Gasteiger partial charge in [0.1, 0.15) is 23.2 Å². The number of aliphatic hydroxyl groups excluding tert-OH is 1. The van der Waals surface area contributed by atoms with Crippen LogP contribution in [0.25, 0.3) is 0 Å². The van der Waals surface area contributed by atoms with Crippen LogP contribution in [-0.2, 0) is 15.8 Å². The van der Waals surface area contributed by atoms with Crippen LogP contribution < -0.4 is 0 Å². The van der Waals surface area contributed by atoms with Crippen LogP contribution in [0.5, 0.6) is 5.75 Å². The van der Waals surface area contributed by atoms with Crippen molar-refractivity contribution in [2.24, 2.45) is 10.7 Å². The van der Waals surface area contributed by atoms with Gasteiger partial charge in [0, 0.05) is 6.42 Å². The number of nitrogens with zero attached hydrogens (tertiary/aromatic N) is 1. The third kappa shape index (κ3) is 4.89. The van der Waals surface area contributed by atoms with E-state index in [2.05, 4.69) is 4.76 Å². The van der Waals surface area contributed by atoms with Gasteiger partial charge in [-0.2, -0.15) is 4.76 Å². The molecule has 1 aromatic rings. The topological polar surface area (TPSA) is 127 Å². The van der Waals surface area contributed by atoms with E-state index in [1.165, 1.54) is 30.4 Å². The summed E-state index contributed by atoms with van der Waals surface area (Å²) < 4.78 is 14.3. The molecule has 0 aromatic heterocycles. The molecule has 0 saturated carbocycles. The van der Waals surface area contributed by atoms with Gasteiger partial charge in [-0.1, -0.05) is 18.2 Å². The van der Waals surface area contributed by atoms with Gasteiger partial charge in [0.2, 0.25) is 0 Å². The Morgan fingerprint density at radius 1 is 1.17 bits per heavy atom. The number of phenols is 1. The molecule has 8 heteroatoms. The van der Waals surface area contributed by atoms with Crippen LogP contribution in [0, 0.1) is 5.92 Å². The van der Waals surface area contributed by atoms with Crippen LogP contribution in [0.2, 0.25) is 0 Å². The van der Waals surface area contributed by atoms with Crippen LogP contribution >= 0.6 is 7.75 Å². The Hall–Kier alpha value is -2.21. The van der Waals surface area contributed by atoms with Crippen molar-refractivity contribution in [3.63, 3.8) is 0 Å². The molecule has 0 fully saturated rings. The lowest BCUT2D eigenvalue weighted by Gasteiger charge is -2.18. The van der Waals surface area contributed by atoms with E-state index in [-0.39, 0.29) is 23.6 Å². The van der Waals surface area contributed by atoms with E-state index in [4.69, 9.17) is 9.79 Å². The Kier molecular flexibility index (Phi) is 5.15. The Balaban J connectivity index is 2.13. The zero-order valence-corrected chi connectivity index (χ0v) is 12.9. The molecular formula is C15H16NO6P. The number of carbonyl (C=O) groups is 1. The minimum Gasteiger partial charge on any atom is -0.511 e. The maximum Gasteiger partial charge on any atom is 0.448 e. The summed E-state index contributed by atoms with van der Waals surface area (Å²) in [4.78, 5) is 30.2. The summed E-state index contributed by atoms with van der Waals surface area (Å²) in [6, 6.07) is 6.34. The van der Waals surface area contributed by atoms with Crippen molar-refractivity contribution in [2.45, 2.75) is 12.8 Å². The highest BCUT2D eigenvalue weighted by atomic mass is 31.2. The van der Waals surface area contributed by atoms with Gasteiger partial charge in [-0.3, -0.25) is 4.79 Å². The molecule has 1 aromatic carbocycles. The minimum atomic E-state index is -4.70. The Labute approximate surface area is 132 Å². The molecule has 0 radical (unpaired) electrons. The summed E-state index contributed by atoms with van der Waals surface area (Å²) in [5.74, 6) is -1.75.